The summed E-state index contributed by atoms with van der Waals surface area (Å²) < 4.78 is 0. The molecule has 0 aliphatic heterocycles. The second-order valence-electron chi connectivity index (χ2n) is 9.18. The zero-order chi connectivity index (χ0) is 26.2. The first kappa shape index (κ1) is 28.6. The summed E-state index contributed by atoms with van der Waals surface area (Å²) >= 11 is 0. The minimum atomic E-state index is -0.0676. The van der Waals surface area contributed by atoms with Gasteiger partial charge in [0.2, 0.25) is 11.8 Å². The van der Waals surface area contributed by atoms with Crippen molar-refractivity contribution in [2.75, 3.05) is 38.0 Å². The van der Waals surface area contributed by atoms with Crippen LogP contribution < -0.4 is 20.7 Å². The molecule has 2 aromatic rings. The number of unbranched alkanes of at least 4 members (excludes halogenated alkanes) is 5. The third-order valence-electron chi connectivity index (χ3n) is 5.68. The molecule has 2 N–H and O–H groups in total. The van der Waals surface area contributed by atoms with Crippen molar-refractivity contribution in [2.45, 2.75) is 51.4 Å². The number of carbonyl (C=O) groups is 2. The number of hydrazone groups is 2. The van der Waals surface area contributed by atoms with Gasteiger partial charge in [0.15, 0.2) is 0 Å². The molecule has 2 aromatic carbocycles. The van der Waals surface area contributed by atoms with Crippen molar-refractivity contribution < 1.29 is 9.59 Å². The van der Waals surface area contributed by atoms with Gasteiger partial charge in [-0.05, 0) is 48.2 Å². The predicted octanol–water partition coefficient (Wildman–Crippen LogP) is 4.54. The van der Waals surface area contributed by atoms with Crippen LogP contribution in [0, 0.1) is 0 Å². The van der Waals surface area contributed by atoms with Crippen molar-refractivity contribution in [1.29, 1.82) is 0 Å². The number of benzene rings is 2. The second kappa shape index (κ2) is 16.1. The van der Waals surface area contributed by atoms with Crippen LogP contribution in [0.2, 0.25) is 0 Å². The summed E-state index contributed by atoms with van der Waals surface area (Å²) in [5, 5.41) is 8.06. The zero-order valence-corrected chi connectivity index (χ0v) is 22.0. The Labute approximate surface area is 215 Å². The maximum Gasteiger partial charge on any atom is 0.240 e. The third kappa shape index (κ3) is 11.6. The average Bonchev–Trinajstić information content (AvgIpc) is 2.86. The summed E-state index contributed by atoms with van der Waals surface area (Å²) in [5.41, 5.74) is 9.29. The van der Waals surface area contributed by atoms with E-state index < -0.39 is 0 Å². The lowest BCUT2D eigenvalue weighted by atomic mass is 10.1. The normalized spacial score (nSPS) is 11.1. The van der Waals surface area contributed by atoms with Crippen molar-refractivity contribution in [2.24, 2.45) is 10.2 Å². The van der Waals surface area contributed by atoms with Crippen LogP contribution in [0.3, 0.4) is 0 Å². The largest absolute Gasteiger partial charge is 0.378 e. The fourth-order valence-corrected chi connectivity index (χ4v) is 3.46. The number of hydrogen-bond donors (Lipinski definition) is 2. The molecule has 0 spiro atoms. The van der Waals surface area contributed by atoms with Crippen LogP contribution in [-0.4, -0.2) is 52.4 Å². The SMILES string of the molecule is CN(C)c1ccc(/C=N/NC(=O)CCCCCCCCC(=O)N/N=C/c2ccc(N(C)C)cc2)cc1. The predicted molar refractivity (Wildman–Crippen MR) is 150 cm³/mol. The topological polar surface area (TPSA) is 89.4 Å². The van der Waals surface area contributed by atoms with Gasteiger partial charge in [-0.3, -0.25) is 9.59 Å². The lowest BCUT2D eigenvalue weighted by Gasteiger charge is -2.11. The van der Waals surface area contributed by atoms with Crippen molar-refractivity contribution in [1.82, 2.24) is 10.9 Å². The first-order chi connectivity index (χ1) is 17.3. The smallest absolute Gasteiger partial charge is 0.240 e. The van der Waals surface area contributed by atoms with Crippen molar-refractivity contribution in [3.8, 4) is 0 Å². The lowest BCUT2D eigenvalue weighted by molar-refractivity contribution is -0.122. The van der Waals surface area contributed by atoms with E-state index in [2.05, 4.69) is 21.1 Å². The summed E-state index contributed by atoms with van der Waals surface area (Å²) in [6, 6.07) is 15.9. The highest BCUT2D eigenvalue weighted by Crippen LogP contribution is 2.12. The van der Waals surface area contributed by atoms with Crippen molar-refractivity contribution in [3.05, 3.63) is 59.7 Å². The van der Waals surface area contributed by atoms with Crippen LogP contribution in [0.5, 0.6) is 0 Å². The van der Waals surface area contributed by atoms with Gasteiger partial charge in [-0.15, -0.1) is 0 Å². The molecule has 0 aromatic heterocycles. The minimum Gasteiger partial charge on any atom is -0.378 e. The van der Waals surface area contributed by atoms with E-state index in [1.165, 1.54) is 0 Å². The first-order valence-corrected chi connectivity index (χ1v) is 12.5. The lowest BCUT2D eigenvalue weighted by Crippen LogP contribution is -2.17. The Balaban J connectivity index is 1.46. The number of nitrogens with one attached hydrogen (secondary N) is 2. The Morgan fingerprint density at radius 3 is 1.28 bits per heavy atom. The second-order valence-corrected chi connectivity index (χ2v) is 9.18. The van der Waals surface area contributed by atoms with Gasteiger partial charge in [0.25, 0.3) is 0 Å². The molecule has 8 nitrogen and oxygen atoms in total. The van der Waals surface area contributed by atoms with Gasteiger partial charge in [0.05, 0.1) is 12.4 Å². The number of nitrogens with zero attached hydrogens (tertiary/aromatic N) is 4. The first-order valence-electron chi connectivity index (χ1n) is 12.5. The van der Waals surface area contributed by atoms with Crippen LogP contribution >= 0.6 is 0 Å². The van der Waals surface area contributed by atoms with Crippen molar-refractivity contribution in [3.63, 3.8) is 0 Å². The Morgan fingerprint density at radius 1 is 0.611 bits per heavy atom. The summed E-state index contributed by atoms with van der Waals surface area (Å²) in [5.74, 6) is -0.135. The molecular formula is C28H40N6O2. The van der Waals surface area contributed by atoms with E-state index in [-0.39, 0.29) is 11.8 Å². The molecule has 0 bridgehead atoms. The molecule has 2 rings (SSSR count). The fourth-order valence-electron chi connectivity index (χ4n) is 3.46. The van der Waals surface area contributed by atoms with Gasteiger partial charge in [0, 0.05) is 52.4 Å². The van der Waals surface area contributed by atoms with Crippen molar-refractivity contribution >= 4 is 35.6 Å². The fraction of sp³-hybridized carbons (Fsp3) is 0.429. The molecule has 36 heavy (non-hydrogen) atoms. The van der Waals surface area contributed by atoms with E-state index in [1.54, 1.807) is 12.4 Å². The average molecular weight is 493 g/mol. The van der Waals surface area contributed by atoms with E-state index in [9.17, 15) is 9.59 Å². The van der Waals surface area contributed by atoms with E-state index >= 15 is 0 Å². The molecule has 194 valence electrons. The summed E-state index contributed by atoms with van der Waals surface area (Å²) in [6.07, 6.45) is 10.0. The van der Waals surface area contributed by atoms with Gasteiger partial charge in [-0.2, -0.15) is 10.2 Å². The van der Waals surface area contributed by atoms with Crippen LogP contribution in [0.25, 0.3) is 0 Å². The quantitative estimate of drug-likeness (QED) is 0.217. The van der Waals surface area contributed by atoms with E-state index in [0.717, 1.165) is 61.0 Å². The standard InChI is InChI=1S/C28H40N6O2/c1-33(2)25-17-13-23(14-18-25)21-29-31-27(35)11-9-7-5-6-8-10-12-28(36)32-30-22-24-15-19-26(20-16-24)34(3)4/h13-22H,5-12H2,1-4H3,(H,31,35)(H,32,36)/b29-21+,30-22+. The number of anilines is 2. The van der Waals surface area contributed by atoms with Gasteiger partial charge in [-0.1, -0.05) is 49.9 Å². The molecule has 0 radical (unpaired) electrons. The van der Waals surface area contributed by atoms with Gasteiger partial charge in [-0.25, -0.2) is 10.9 Å². The van der Waals surface area contributed by atoms with E-state index in [4.69, 9.17) is 0 Å². The van der Waals surface area contributed by atoms with Gasteiger partial charge in [0.1, 0.15) is 0 Å². The highest BCUT2D eigenvalue weighted by Gasteiger charge is 2.02. The molecule has 2 amide bonds. The van der Waals surface area contributed by atoms with E-state index in [1.807, 2.05) is 86.5 Å². The minimum absolute atomic E-state index is 0.0676. The van der Waals surface area contributed by atoms with Gasteiger partial charge >= 0.3 is 0 Å². The molecule has 0 saturated carbocycles. The van der Waals surface area contributed by atoms with Crippen LogP contribution in [0.15, 0.2) is 58.7 Å². The maximum absolute atomic E-state index is 11.9. The molecular weight excluding hydrogens is 452 g/mol. The van der Waals surface area contributed by atoms with Crippen LogP contribution in [-0.2, 0) is 9.59 Å². The van der Waals surface area contributed by atoms with Crippen LogP contribution in [0.4, 0.5) is 11.4 Å². The summed E-state index contributed by atoms with van der Waals surface area (Å²) in [4.78, 5) is 27.9. The van der Waals surface area contributed by atoms with Crippen LogP contribution in [0.1, 0.15) is 62.5 Å². The Hall–Kier alpha value is -3.68. The molecule has 0 saturated heterocycles. The molecule has 0 aliphatic carbocycles. The molecule has 0 atom stereocenters. The molecule has 0 heterocycles. The number of amides is 2. The number of carbonyl (C=O) groups excluding carboxylic acids is 2. The Kier molecular flexibility index (Phi) is 12.8. The highest BCUT2D eigenvalue weighted by atomic mass is 16.2. The molecule has 0 fully saturated rings. The Morgan fingerprint density at radius 2 is 0.944 bits per heavy atom. The molecule has 0 aliphatic rings. The number of hydrogen-bond acceptors (Lipinski definition) is 6. The number of rotatable bonds is 15. The molecule has 8 heteroatoms. The Bertz CT molecular complexity index is 901. The maximum atomic E-state index is 11.9. The van der Waals surface area contributed by atoms with Gasteiger partial charge < -0.3 is 9.80 Å². The summed E-state index contributed by atoms with van der Waals surface area (Å²) in [7, 11) is 7.97. The monoisotopic (exact) mass is 492 g/mol. The highest BCUT2D eigenvalue weighted by molar-refractivity contribution is 5.83. The summed E-state index contributed by atoms with van der Waals surface area (Å²) in [6.45, 7) is 0. The third-order valence-corrected chi connectivity index (χ3v) is 5.68. The molecule has 0 unspecified atom stereocenters. The zero-order valence-electron chi connectivity index (χ0n) is 22.0. The van der Waals surface area contributed by atoms with E-state index in [0.29, 0.717) is 12.8 Å².